The molecule has 1 heterocycles. The molecule has 0 bridgehead atoms. The van der Waals surface area contributed by atoms with Crippen LogP contribution in [0, 0.1) is 0 Å². The van der Waals surface area contributed by atoms with Gasteiger partial charge in [0.05, 0.1) is 11.0 Å². The van der Waals surface area contributed by atoms with Gasteiger partial charge in [0.2, 0.25) is 0 Å². The van der Waals surface area contributed by atoms with E-state index < -0.39 is 11.9 Å². The van der Waals surface area contributed by atoms with E-state index in [1.807, 2.05) is 30.3 Å². The molecule has 0 spiro atoms. The summed E-state index contributed by atoms with van der Waals surface area (Å²) in [5.74, 6) is -3.65. The van der Waals surface area contributed by atoms with Crippen molar-refractivity contribution in [3.63, 3.8) is 0 Å². The number of rotatable bonds is 1. The Balaban J connectivity index is 0.000000254. The molecule has 6 nitrogen and oxygen atoms in total. The van der Waals surface area contributed by atoms with Crippen molar-refractivity contribution in [3.05, 3.63) is 54.1 Å². The van der Waals surface area contributed by atoms with E-state index in [0.29, 0.717) is 6.54 Å². The number of benzene rings is 2. The zero-order chi connectivity index (χ0) is 16.1. The monoisotopic (exact) mass is 298 g/mol. The summed E-state index contributed by atoms with van der Waals surface area (Å²) < 4.78 is 0. The Labute approximate surface area is 125 Å². The molecule has 0 fully saturated rings. The number of hydrogen-bond acceptors (Lipinski definition) is 4. The maximum absolute atomic E-state index is 9.10. The van der Waals surface area contributed by atoms with E-state index in [1.54, 1.807) is 0 Å². The molecule has 0 radical (unpaired) electrons. The predicted octanol–water partition coefficient (Wildman–Crippen LogP) is 2.00. The Bertz CT molecular complexity index is 834. The summed E-state index contributed by atoms with van der Waals surface area (Å²) in [6, 6.07) is 16.4. The fourth-order valence-corrected chi connectivity index (χ4v) is 2.03. The van der Waals surface area contributed by atoms with Gasteiger partial charge in [-0.25, -0.2) is 14.6 Å². The first-order valence-corrected chi connectivity index (χ1v) is 6.46. The van der Waals surface area contributed by atoms with Gasteiger partial charge in [-0.2, -0.15) is 0 Å². The molecule has 0 amide bonds. The zero-order valence-electron chi connectivity index (χ0n) is 11.6. The molecule has 0 saturated carbocycles. The third-order valence-electron chi connectivity index (χ3n) is 3.03. The number of aromatic nitrogens is 1. The van der Waals surface area contributed by atoms with Crippen molar-refractivity contribution in [3.8, 4) is 0 Å². The molecule has 0 atom stereocenters. The SMILES string of the molecule is NCc1cccc2cc3ccccc3nc12.O=C(O)C(=O)O. The third kappa shape index (κ3) is 3.36. The molecule has 0 aliphatic rings. The van der Waals surface area contributed by atoms with E-state index in [0.717, 1.165) is 22.0 Å². The van der Waals surface area contributed by atoms with E-state index in [4.69, 9.17) is 25.5 Å². The van der Waals surface area contributed by atoms with E-state index >= 15 is 0 Å². The second kappa shape index (κ2) is 6.64. The molecule has 112 valence electrons. The van der Waals surface area contributed by atoms with Crippen LogP contribution in [0.5, 0.6) is 0 Å². The summed E-state index contributed by atoms with van der Waals surface area (Å²) in [6.07, 6.45) is 0. The lowest BCUT2D eigenvalue weighted by Crippen LogP contribution is -2.09. The van der Waals surface area contributed by atoms with Gasteiger partial charge in [0, 0.05) is 17.3 Å². The van der Waals surface area contributed by atoms with Crippen LogP contribution < -0.4 is 5.73 Å². The molecule has 1 aromatic heterocycles. The molecule has 3 rings (SSSR count). The maximum atomic E-state index is 9.10. The fourth-order valence-electron chi connectivity index (χ4n) is 2.03. The first-order valence-electron chi connectivity index (χ1n) is 6.46. The molecule has 3 aromatic rings. The Hall–Kier alpha value is -2.99. The van der Waals surface area contributed by atoms with E-state index in [-0.39, 0.29) is 0 Å². The van der Waals surface area contributed by atoms with Gasteiger partial charge in [0.25, 0.3) is 0 Å². The van der Waals surface area contributed by atoms with Crippen molar-refractivity contribution in [2.45, 2.75) is 6.54 Å². The average molecular weight is 298 g/mol. The molecule has 0 aliphatic carbocycles. The van der Waals surface area contributed by atoms with Crippen LogP contribution in [-0.2, 0) is 16.1 Å². The van der Waals surface area contributed by atoms with Crippen molar-refractivity contribution in [1.82, 2.24) is 4.98 Å². The number of carboxylic acids is 2. The van der Waals surface area contributed by atoms with Crippen LogP contribution in [0.1, 0.15) is 5.56 Å². The number of nitrogens with zero attached hydrogens (tertiary/aromatic N) is 1. The topological polar surface area (TPSA) is 114 Å². The molecule has 6 heteroatoms. The van der Waals surface area contributed by atoms with Crippen molar-refractivity contribution in [2.75, 3.05) is 0 Å². The lowest BCUT2D eigenvalue weighted by atomic mass is 10.1. The van der Waals surface area contributed by atoms with Crippen LogP contribution in [0.3, 0.4) is 0 Å². The second-order valence-electron chi connectivity index (χ2n) is 4.48. The number of hydrogen-bond donors (Lipinski definition) is 3. The normalized spacial score (nSPS) is 10.0. The largest absolute Gasteiger partial charge is 0.473 e. The van der Waals surface area contributed by atoms with Gasteiger partial charge >= 0.3 is 11.9 Å². The highest BCUT2D eigenvalue weighted by Gasteiger charge is 2.04. The molecule has 4 N–H and O–H groups in total. The van der Waals surface area contributed by atoms with Gasteiger partial charge in [-0.15, -0.1) is 0 Å². The van der Waals surface area contributed by atoms with Crippen LogP contribution in [-0.4, -0.2) is 27.1 Å². The summed E-state index contributed by atoms with van der Waals surface area (Å²) >= 11 is 0. The summed E-state index contributed by atoms with van der Waals surface area (Å²) in [5, 5.41) is 17.1. The number of carboxylic acid groups (broad SMARTS) is 2. The summed E-state index contributed by atoms with van der Waals surface area (Å²) in [7, 11) is 0. The third-order valence-corrected chi connectivity index (χ3v) is 3.03. The first kappa shape index (κ1) is 15.4. The van der Waals surface area contributed by atoms with E-state index in [2.05, 4.69) is 23.2 Å². The lowest BCUT2D eigenvalue weighted by Gasteiger charge is -2.05. The molecular weight excluding hydrogens is 284 g/mol. The highest BCUT2D eigenvalue weighted by atomic mass is 16.4. The van der Waals surface area contributed by atoms with Crippen LogP contribution in [0.4, 0.5) is 0 Å². The highest BCUT2D eigenvalue weighted by Crippen LogP contribution is 2.21. The Kier molecular flexibility index (Phi) is 4.65. The molecule has 0 aliphatic heterocycles. The van der Waals surface area contributed by atoms with E-state index in [9.17, 15) is 0 Å². The summed E-state index contributed by atoms with van der Waals surface area (Å²) in [4.78, 5) is 22.9. The minimum atomic E-state index is -1.82. The van der Waals surface area contributed by atoms with Crippen molar-refractivity contribution in [2.24, 2.45) is 5.73 Å². The predicted molar refractivity (Wildman–Crippen MR) is 82.4 cm³/mol. The number of aliphatic carboxylic acids is 2. The van der Waals surface area contributed by atoms with E-state index in [1.165, 1.54) is 5.39 Å². The van der Waals surface area contributed by atoms with Gasteiger partial charge in [0.1, 0.15) is 0 Å². The van der Waals surface area contributed by atoms with Gasteiger partial charge in [-0.05, 0) is 17.7 Å². The Morgan fingerprint density at radius 1 is 0.955 bits per heavy atom. The second-order valence-corrected chi connectivity index (χ2v) is 4.48. The number of fused-ring (bicyclic) bond motifs is 2. The number of pyridine rings is 1. The van der Waals surface area contributed by atoms with Crippen LogP contribution in [0.25, 0.3) is 21.8 Å². The first-order chi connectivity index (χ1) is 10.5. The molecule has 22 heavy (non-hydrogen) atoms. The van der Waals surface area contributed by atoms with Gasteiger partial charge < -0.3 is 15.9 Å². The quantitative estimate of drug-likeness (QED) is 0.468. The van der Waals surface area contributed by atoms with Gasteiger partial charge in [-0.3, -0.25) is 0 Å². The van der Waals surface area contributed by atoms with Crippen LogP contribution in [0.15, 0.2) is 48.5 Å². The minimum absolute atomic E-state index is 0.530. The molecular formula is C16H14N2O4. The van der Waals surface area contributed by atoms with Gasteiger partial charge in [-0.1, -0.05) is 36.4 Å². The lowest BCUT2D eigenvalue weighted by molar-refractivity contribution is -0.159. The molecule has 2 aromatic carbocycles. The smallest absolute Gasteiger partial charge is 0.414 e. The fraction of sp³-hybridized carbons (Fsp3) is 0.0625. The minimum Gasteiger partial charge on any atom is -0.473 e. The van der Waals surface area contributed by atoms with Gasteiger partial charge in [0.15, 0.2) is 0 Å². The molecule has 0 unspecified atom stereocenters. The number of carbonyl (C=O) groups is 2. The van der Waals surface area contributed by atoms with Crippen molar-refractivity contribution < 1.29 is 19.8 Å². The van der Waals surface area contributed by atoms with Crippen LogP contribution in [0.2, 0.25) is 0 Å². The molecule has 0 saturated heterocycles. The maximum Gasteiger partial charge on any atom is 0.414 e. The summed E-state index contributed by atoms with van der Waals surface area (Å²) in [5.41, 5.74) is 8.86. The highest BCUT2D eigenvalue weighted by molar-refractivity contribution is 6.27. The zero-order valence-corrected chi connectivity index (χ0v) is 11.6. The Morgan fingerprint density at radius 2 is 1.59 bits per heavy atom. The Morgan fingerprint density at radius 3 is 2.23 bits per heavy atom. The number of nitrogens with two attached hydrogens (primary N) is 1. The number of para-hydroxylation sites is 2. The van der Waals surface area contributed by atoms with Crippen LogP contribution >= 0.6 is 0 Å². The standard InChI is InChI=1S/C14H12N2.C2H2O4/c15-9-12-6-3-5-11-8-10-4-1-2-7-13(10)16-14(11)12;3-1(4)2(5)6/h1-8H,9,15H2;(H,3,4)(H,5,6). The van der Waals surface area contributed by atoms with Crippen molar-refractivity contribution >= 4 is 33.7 Å². The van der Waals surface area contributed by atoms with Crippen molar-refractivity contribution in [1.29, 1.82) is 0 Å². The summed E-state index contributed by atoms with van der Waals surface area (Å²) in [6.45, 7) is 0.530. The average Bonchev–Trinajstić information content (AvgIpc) is 2.52.